The Balaban J connectivity index is 2.69. The molecule has 11 heteroatoms. The molecule has 0 atom stereocenters. The first-order valence-electron chi connectivity index (χ1n) is 4.77. The summed E-state index contributed by atoms with van der Waals surface area (Å²) in [6.07, 6.45) is 0. The van der Waals surface area contributed by atoms with Crippen LogP contribution in [-0.2, 0) is 0 Å². The lowest BCUT2D eigenvalue weighted by Crippen LogP contribution is -2.10. The minimum absolute atomic E-state index is 0.0665. The van der Waals surface area contributed by atoms with Gasteiger partial charge in [-0.2, -0.15) is 5.10 Å². The number of rotatable bonds is 3. The Hall–Kier alpha value is -2.82. The summed E-state index contributed by atoms with van der Waals surface area (Å²) in [7, 11) is 0. The van der Waals surface area contributed by atoms with Crippen molar-refractivity contribution in [1.82, 2.24) is 14.9 Å². The Labute approximate surface area is 109 Å². The minimum Gasteiger partial charge on any atom is -0.335 e. The molecule has 2 aromatic rings. The van der Waals surface area contributed by atoms with E-state index in [-0.39, 0.29) is 16.2 Å². The predicted octanol–water partition coefficient (Wildman–Crippen LogP) is 1.14. The fraction of sp³-hybridized carbons (Fsp3) is 0. The van der Waals surface area contributed by atoms with Gasteiger partial charge in [-0.25, -0.2) is 9.77 Å². The molecule has 10 nitrogen and oxygen atoms in total. The number of aromatic amines is 1. The molecule has 98 valence electrons. The zero-order valence-corrected chi connectivity index (χ0v) is 9.96. The SMILES string of the molecule is Nn1c(-c2cc([N+](=O)[O-])cc([N+](=O)[O-])c2)n[nH]c1=S. The number of H-pyrrole nitrogens is 1. The van der Waals surface area contributed by atoms with Crippen LogP contribution in [0.15, 0.2) is 18.2 Å². The highest BCUT2D eigenvalue weighted by atomic mass is 32.1. The molecule has 0 aliphatic carbocycles. The van der Waals surface area contributed by atoms with Gasteiger partial charge in [-0.3, -0.25) is 20.2 Å². The molecule has 0 fully saturated rings. The first kappa shape index (κ1) is 12.6. The molecule has 0 saturated carbocycles. The molecule has 0 bridgehead atoms. The zero-order chi connectivity index (χ0) is 14.2. The Bertz CT molecular complexity index is 703. The van der Waals surface area contributed by atoms with Crippen LogP contribution in [-0.4, -0.2) is 24.7 Å². The number of aromatic nitrogens is 3. The first-order chi connectivity index (χ1) is 8.90. The second-order valence-electron chi connectivity index (χ2n) is 3.47. The Morgan fingerprint density at radius 2 is 1.74 bits per heavy atom. The summed E-state index contributed by atoms with van der Waals surface area (Å²) in [6.45, 7) is 0. The van der Waals surface area contributed by atoms with Gasteiger partial charge >= 0.3 is 0 Å². The maximum absolute atomic E-state index is 10.7. The zero-order valence-electron chi connectivity index (χ0n) is 9.14. The van der Waals surface area contributed by atoms with Crippen LogP contribution >= 0.6 is 12.2 Å². The van der Waals surface area contributed by atoms with E-state index in [9.17, 15) is 20.2 Å². The van der Waals surface area contributed by atoms with Crippen molar-refractivity contribution in [2.24, 2.45) is 0 Å². The molecule has 0 aliphatic heterocycles. The largest absolute Gasteiger partial charge is 0.335 e. The van der Waals surface area contributed by atoms with Crippen LogP contribution in [0.3, 0.4) is 0 Å². The van der Waals surface area contributed by atoms with Gasteiger partial charge in [-0.15, -0.1) is 0 Å². The van der Waals surface area contributed by atoms with Gasteiger partial charge < -0.3 is 5.84 Å². The van der Waals surface area contributed by atoms with E-state index in [1.54, 1.807) is 0 Å². The number of non-ortho nitro benzene ring substituents is 2. The summed E-state index contributed by atoms with van der Waals surface area (Å²) in [5.41, 5.74) is -0.744. The summed E-state index contributed by atoms with van der Waals surface area (Å²) >= 11 is 4.80. The normalized spacial score (nSPS) is 10.3. The maximum atomic E-state index is 10.7. The topological polar surface area (TPSA) is 146 Å². The van der Waals surface area contributed by atoms with E-state index in [0.717, 1.165) is 22.9 Å². The number of hydrogen-bond donors (Lipinski definition) is 2. The summed E-state index contributed by atoms with van der Waals surface area (Å²) in [5, 5.41) is 27.6. The van der Waals surface area contributed by atoms with Crippen molar-refractivity contribution < 1.29 is 9.85 Å². The van der Waals surface area contributed by atoms with E-state index in [0.29, 0.717) is 0 Å². The van der Waals surface area contributed by atoms with E-state index in [2.05, 4.69) is 10.2 Å². The highest BCUT2D eigenvalue weighted by Crippen LogP contribution is 2.28. The van der Waals surface area contributed by atoms with Crippen molar-refractivity contribution in [3.63, 3.8) is 0 Å². The van der Waals surface area contributed by atoms with Gasteiger partial charge in [-0.05, 0) is 12.2 Å². The lowest BCUT2D eigenvalue weighted by atomic mass is 10.1. The Morgan fingerprint density at radius 1 is 1.21 bits per heavy atom. The predicted molar refractivity (Wildman–Crippen MR) is 66.3 cm³/mol. The van der Waals surface area contributed by atoms with Gasteiger partial charge in [0.15, 0.2) is 5.82 Å². The standard InChI is InChI=1S/C8H6N6O4S/c9-12-7(10-11-8(12)19)4-1-5(13(15)16)3-6(2-4)14(17)18/h1-3H,9H2,(H,11,19). The van der Waals surface area contributed by atoms with E-state index in [4.69, 9.17) is 18.1 Å². The monoisotopic (exact) mass is 282 g/mol. The quantitative estimate of drug-likeness (QED) is 0.371. The Morgan fingerprint density at radius 3 is 2.11 bits per heavy atom. The van der Waals surface area contributed by atoms with Crippen LogP contribution in [0, 0.1) is 25.0 Å². The van der Waals surface area contributed by atoms with Gasteiger partial charge in [-0.1, -0.05) is 0 Å². The van der Waals surface area contributed by atoms with Crippen molar-refractivity contribution in [3.05, 3.63) is 43.2 Å². The second-order valence-corrected chi connectivity index (χ2v) is 3.86. The van der Waals surface area contributed by atoms with Crippen molar-refractivity contribution in [1.29, 1.82) is 0 Å². The summed E-state index contributed by atoms with van der Waals surface area (Å²) in [4.78, 5) is 20.0. The van der Waals surface area contributed by atoms with Crippen molar-refractivity contribution >= 4 is 23.6 Å². The fourth-order valence-corrected chi connectivity index (χ4v) is 1.58. The summed E-state index contributed by atoms with van der Waals surface area (Å²) in [6, 6.07) is 3.11. The Kier molecular flexibility index (Phi) is 2.96. The van der Waals surface area contributed by atoms with Crippen LogP contribution in [0.1, 0.15) is 0 Å². The molecule has 0 spiro atoms. The number of nitrogens with two attached hydrogens (primary N) is 1. The lowest BCUT2D eigenvalue weighted by Gasteiger charge is -2.01. The van der Waals surface area contributed by atoms with E-state index in [1.165, 1.54) is 0 Å². The molecule has 1 aromatic heterocycles. The van der Waals surface area contributed by atoms with Gasteiger partial charge in [0.1, 0.15) is 0 Å². The highest BCUT2D eigenvalue weighted by Gasteiger charge is 2.19. The number of nitrogens with zero attached hydrogens (tertiary/aromatic N) is 4. The molecule has 0 unspecified atom stereocenters. The molecule has 0 amide bonds. The van der Waals surface area contributed by atoms with Crippen molar-refractivity contribution in [3.8, 4) is 11.4 Å². The molecule has 19 heavy (non-hydrogen) atoms. The third kappa shape index (κ3) is 2.26. The van der Waals surface area contributed by atoms with E-state index < -0.39 is 21.2 Å². The maximum Gasteiger partial charge on any atom is 0.277 e. The smallest absolute Gasteiger partial charge is 0.277 e. The van der Waals surface area contributed by atoms with Gasteiger partial charge in [0.25, 0.3) is 11.4 Å². The third-order valence-corrected chi connectivity index (χ3v) is 2.57. The minimum atomic E-state index is -0.737. The number of nitro groups is 2. The molecule has 2 rings (SSSR count). The van der Waals surface area contributed by atoms with Gasteiger partial charge in [0.05, 0.1) is 15.9 Å². The molecular weight excluding hydrogens is 276 g/mol. The molecule has 0 aliphatic rings. The summed E-state index contributed by atoms with van der Waals surface area (Å²) < 4.78 is 1.06. The second kappa shape index (κ2) is 4.45. The molecule has 1 heterocycles. The van der Waals surface area contributed by atoms with E-state index >= 15 is 0 Å². The van der Waals surface area contributed by atoms with Gasteiger partial charge in [0, 0.05) is 17.7 Å². The average Bonchev–Trinajstić information content (AvgIpc) is 2.69. The molecule has 1 aromatic carbocycles. The molecule has 0 saturated heterocycles. The lowest BCUT2D eigenvalue weighted by molar-refractivity contribution is -0.394. The molecule has 0 radical (unpaired) electrons. The number of hydrogen-bond acceptors (Lipinski definition) is 7. The van der Waals surface area contributed by atoms with Crippen molar-refractivity contribution in [2.75, 3.05) is 5.84 Å². The van der Waals surface area contributed by atoms with Crippen LogP contribution in [0.4, 0.5) is 11.4 Å². The molecular formula is C8H6N6O4S. The third-order valence-electron chi connectivity index (χ3n) is 2.29. The summed E-state index contributed by atoms with van der Waals surface area (Å²) in [5.74, 6) is 5.63. The number of nitrogens with one attached hydrogen (secondary N) is 1. The number of nitro benzene ring substituents is 2. The van der Waals surface area contributed by atoms with Crippen LogP contribution in [0.5, 0.6) is 0 Å². The van der Waals surface area contributed by atoms with Crippen LogP contribution in [0.2, 0.25) is 0 Å². The van der Waals surface area contributed by atoms with Crippen LogP contribution < -0.4 is 5.84 Å². The van der Waals surface area contributed by atoms with E-state index in [1.807, 2.05) is 0 Å². The number of benzene rings is 1. The van der Waals surface area contributed by atoms with Gasteiger partial charge in [0.2, 0.25) is 4.77 Å². The number of nitrogen functional groups attached to an aromatic ring is 1. The van der Waals surface area contributed by atoms with Crippen molar-refractivity contribution in [2.45, 2.75) is 0 Å². The fourth-order valence-electron chi connectivity index (χ4n) is 1.44. The molecule has 3 N–H and O–H groups in total. The first-order valence-corrected chi connectivity index (χ1v) is 5.17. The highest BCUT2D eigenvalue weighted by molar-refractivity contribution is 7.71. The average molecular weight is 282 g/mol. The van der Waals surface area contributed by atoms with Crippen LogP contribution in [0.25, 0.3) is 11.4 Å².